The standard InChI is InChI=1S/C19H15N3OS2/c1-12-11-25-18(21-12)10-20-19(23)14-9-16(17-7-4-8-24-17)22-15-6-3-2-5-13(14)15/h2-9,11H,10H2,1H3,(H,20,23). The third kappa shape index (κ3) is 3.31. The van der Waals surface area contributed by atoms with Crippen molar-refractivity contribution in [2.75, 3.05) is 0 Å². The number of benzene rings is 1. The third-order valence-electron chi connectivity index (χ3n) is 3.80. The van der Waals surface area contributed by atoms with E-state index in [1.54, 1.807) is 22.7 Å². The molecule has 0 saturated heterocycles. The molecule has 0 saturated carbocycles. The fourth-order valence-corrected chi connectivity index (χ4v) is 4.05. The van der Waals surface area contributed by atoms with E-state index in [4.69, 9.17) is 4.98 Å². The van der Waals surface area contributed by atoms with Crippen LogP contribution in [0.15, 0.2) is 53.2 Å². The molecule has 3 heterocycles. The van der Waals surface area contributed by atoms with Crippen LogP contribution in [0.4, 0.5) is 0 Å². The SMILES string of the molecule is Cc1csc(CNC(=O)c2cc(-c3cccs3)nc3ccccc23)n1. The number of thiazole rings is 1. The highest BCUT2D eigenvalue weighted by molar-refractivity contribution is 7.13. The molecule has 0 atom stereocenters. The predicted molar refractivity (Wildman–Crippen MR) is 103 cm³/mol. The summed E-state index contributed by atoms with van der Waals surface area (Å²) >= 11 is 3.17. The second-order valence-electron chi connectivity index (χ2n) is 5.61. The van der Waals surface area contributed by atoms with Gasteiger partial charge in [-0.3, -0.25) is 4.79 Å². The maximum absolute atomic E-state index is 12.8. The lowest BCUT2D eigenvalue weighted by Crippen LogP contribution is -2.23. The lowest BCUT2D eigenvalue weighted by atomic mass is 10.1. The van der Waals surface area contributed by atoms with Crippen LogP contribution in [0.25, 0.3) is 21.5 Å². The number of fused-ring (bicyclic) bond motifs is 1. The van der Waals surface area contributed by atoms with E-state index in [1.807, 2.05) is 60.1 Å². The number of carbonyl (C=O) groups excluding carboxylic acids is 1. The number of para-hydroxylation sites is 1. The predicted octanol–water partition coefficient (Wildman–Crippen LogP) is 4.66. The molecule has 4 nitrogen and oxygen atoms in total. The highest BCUT2D eigenvalue weighted by Crippen LogP contribution is 2.27. The van der Waals surface area contributed by atoms with E-state index in [0.29, 0.717) is 12.1 Å². The Kier molecular flexibility index (Phi) is 4.29. The van der Waals surface area contributed by atoms with Crippen LogP contribution in [0.2, 0.25) is 0 Å². The van der Waals surface area contributed by atoms with Crippen molar-refractivity contribution in [1.29, 1.82) is 0 Å². The van der Waals surface area contributed by atoms with E-state index in [-0.39, 0.29) is 5.91 Å². The molecular formula is C19H15N3OS2. The second-order valence-corrected chi connectivity index (χ2v) is 7.51. The van der Waals surface area contributed by atoms with E-state index in [9.17, 15) is 4.79 Å². The zero-order chi connectivity index (χ0) is 17.2. The van der Waals surface area contributed by atoms with Gasteiger partial charge >= 0.3 is 0 Å². The summed E-state index contributed by atoms with van der Waals surface area (Å²) in [7, 11) is 0. The molecule has 3 aromatic heterocycles. The Hall–Kier alpha value is -2.57. The van der Waals surface area contributed by atoms with Crippen molar-refractivity contribution in [1.82, 2.24) is 15.3 Å². The molecule has 4 aromatic rings. The molecule has 0 aliphatic carbocycles. The summed E-state index contributed by atoms with van der Waals surface area (Å²) in [6.45, 7) is 2.38. The van der Waals surface area contributed by atoms with Crippen molar-refractivity contribution in [2.45, 2.75) is 13.5 Å². The summed E-state index contributed by atoms with van der Waals surface area (Å²) in [6.07, 6.45) is 0. The van der Waals surface area contributed by atoms with Gasteiger partial charge in [-0.25, -0.2) is 9.97 Å². The van der Waals surface area contributed by atoms with Crippen LogP contribution in [0.5, 0.6) is 0 Å². The van der Waals surface area contributed by atoms with E-state index in [0.717, 1.165) is 32.2 Å². The van der Waals surface area contributed by atoms with Gasteiger partial charge in [-0.15, -0.1) is 22.7 Å². The van der Waals surface area contributed by atoms with E-state index in [1.165, 1.54) is 0 Å². The topological polar surface area (TPSA) is 54.9 Å². The van der Waals surface area contributed by atoms with Crippen LogP contribution in [0.3, 0.4) is 0 Å². The number of amides is 1. The lowest BCUT2D eigenvalue weighted by Gasteiger charge is -2.09. The van der Waals surface area contributed by atoms with Crippen molar-refractivity contribution in [2.24, 2.45) is 0 Å². The second kappa shape index (κ2) is 6.74. The molecule has 4 rings (SSSR count). The largest absolute Gasteiger partial charge is 0.346 e. The summed E-state index contributed by atoms with van der Waals surface area (Å²) in [4.78, 5) is 22.9. The van der Waals surface area contributed by atoms with E-state index in [2.05, 4.69) is 10.3 Å². The molecule has 1 N–H and O–H groups in total. The highest BCUT2D eigenvalue weighted by atomic mass is 32.1. The van der Waals surface area contributed by atoms with Gasteiger partial charge in [0.1, 0.15) is 5.01 Å². The average Bonchev–Trinajstić information content (AvgIpc) is 3.30. The Balaban J connectivity index is 1.70. The summed E-state index contributed by atoms with van der Waals surface area (Å²) < 4.78 is 0. The molecule has 1 aromatic carbocycles. The van der Waals surface area contributed by atoms with Gasteiger partial charge in [0.15, 0.2) is 0 Å². The van der Waals surface area contributed by atoms with Gasteiger partial charge in [-0.1, -0.05) is 24.3 Å². The number of nitrogens with zero attached hydrogens (tertiary/aromatic N) is 2. The molecule has 0 aliphatic rings. The quantitative estimate of drug-likeness (QED) is 0.572. The molecule has 0 fully saturated rings. The fourth-order valence-electron chi connectivity index (χ4n) is 2.65. The van der Waals surface area contributed by atoms with Crippen molar-refractivity contribution in [3.05, 3.63) is 69.5 Å². The van der Waals surface area contributed by atoms with Crippen LogP contribution in [0.1, 0.15) is 21.1 Å². The zero-order valence-electron chi connectivity index (χ0n) is 13.5. The minimum atomic E-state index is -0.107. The number of hydrogen-bond acceptors (Lipinski definition) is 5. The number of aryl methyl sites for hydroxylation is 1. The Morgan fingerprint density at radius 1 is 1.12 bits per heavy atom. The molecule has 1 amide bonds. The number of rotatable bonds is 4. The maximum Gasteiger partial charge on any atom is 0.252 e. The fraction of sp³-hybridized carbons (Fsp3) is 0.105. The first-order valence-electron chi connectivity index (χ1n) is 7.83. The molecule has 0 spiro atoms. The number of pyridine rings is 1. The summed E-state index contributed by atoms with van der Waals surface area (Å²) in [5.74, 6) is -0.107. The zero-order valence-corrected chi connectivity index (χ0v) is 15.2. The number of hydrogen-bond donors (Lipinski definition) is 1. The molecule has 124 valence electrons. The lowest BCUT2D eigenvalue weighted by molar-refractivity contribution is 0.0952. The minimum Gasteiger partial charge on any atom is -0.346 e. The summed E-state index contributed by atoms with van der Waals surface area (Å²) in [5, 5.41) is 8.74. The Morgan fingerprint density at radius 2 is 2.00 bits per heavy atom. The smallest absolute Gasteiger partial charge is 0.252 e. The Morgan fingerprint density at radius 3 is 2.76 bits per heavy atom. The van der Waals surface area contributed by atoms with Crippen LogP contribution in [-0.4, -0.2) is 15.9 Å². The molecule has 0 aliphatic heterocycles. The van der Waals surface area contributed by atoms with Gasteiger partial charge in [-0.05, 0) is 30.5 Å². The van der Waals surface area contributed by atoms with Crippen molar-refractivity contribution in [3.63, 3.8) is 0 Å². The van der Waals surface area contributed by atoms with Crippen LogP contribution < -0.4 is 5.32 Å². The average molecular weight is 365 g/mol. The van der Waals surface area contributed by atoms with Crippen LogP contribution in [-0.2, 0) is 6.54 Å². The van der Waals surface area contributed by atoms with Crippen molar-refractivity contribution >= 4 is 39.5 Å². The van der Waals surface area contributed by atoms with Crippen molar-refractivity contribution < 1.29 is 4.79 Å². The molecule has 25 heavy (non-hydrogen) atoms. The van der Waals surface area contributed by atoms with E-state index >= 15 is 0 Å². The molecule has 0 radical (unpaired) electrons. The van der Waals surface area contributed by atoms with Gasteiger partial charge in [-0.2, -0.15) is 0 Å². The Labute approximate surface area is 153 Å². The van der Waals surface area contributed by atoms with Gasteiger partial charge in [0.05, 0.1) is 28.2 Å². The van der Waals surface area contributed by atoms with Crippen molar-refractivity contribution in [3.8, 4) is 10.6 Å². The van der Waals surface area contributed by atoms with Gasteiger partial charge in [0.2, 0.25) is 0 Å². The highest BCUT2D eigenvalue weighted by Gasteiger charge is 2.14. The minimum absolute atomic E-state index is 0.107. The molecule has 6 heteroatoms. The number of carbonyl (C=O) groups is 1. The number of aromatic nitrogens is 2. The molecular weight excluding hydrogens is 350 g/mol. The monoisotopic (exact) mass is 365 g/mol. The normalized spacial score (nSPS) is 10.9. The van der Waals surface area contributed by atoms with Crippen LogP contribution >= 0.6 is 22.7 Å². The Bertz CT molecular complexity index is 1040. The van der Waals surface area contributed by atoms with Gasteiger partial charge in [0.25, 0.3) is 5.91 Å². The first-order chi connectivity index (χ1) is 12.2. The van der Waals surface area contributed by atoms with Gasteiger partial charge in [0, 0.05) is 16.5 Å². The third-order valence-corrected chi connectivity index (χ3v) is 5.66. The van der Waals surface area contributed by atoms with Gasteiger partial charge < -0.3 is 5.32 Å². The van der Waals surface area contributed by atoms with Crippen LogP contribution in [0, 0.1) is 6.92 Å². The summed E-state index contributed by atoms with van der Waals surface area (Å²) in [6, 6.07) is 13.6. The first kappa shape index (κ1) is 15.9. The van der Waals surface area contributed by atoms with E-state index < -0.39 is 0 Å². The molecule has 0 bridgehead atoms. The number of nitrogens with one attached hydrogen (secondary N) is 1. The first-order valence-corrected chi connectivity index (χ1v) is 9.59. The summed E-state index contributed by atoms with van der Waals surface area (Å²) in [5.41, 5.74) is 3.26. The maximum atomic E-state index is 12.8. The molecule has 0 unspecified atom stereocenters. The number of thiophene rings is 1.